The summed E-state index contributed by atoms with van der Waals surface area (Å²) in [6, 6.07) is 0. The van der Waals surface area contributed by atoms with Crippen LogP contribution in [0.15, 0.2) is 0 Å². The van der Waals surface area contributed by atoms with Gasteiger partial charge in [0.2, 0.25) is 0 Å². The Morgan fingerprint density at radius 2 is 2.00 bits per heavy atom. The van der Waals surface area contributed by atoms with E-state index in [1.54, 1.807) is 0 Å². The monoisotopic (exact) mass is 240 g/mol. The Hall–Kier alpha value is -1.33. The SMILES string of the molecule is COC(=O)c1c(C(C)CON)c(C)n(C)c1C. The maximum absolute atomic E-state index is 11.8. The van der Waals surface area contributed by atoms with Crippen molar-refractivity contribution in [1.82, 2.24) is 4.57 Å². The molecule has 0 fully saturated rings. The molecule has 1 rings (SSSR count). The van der Waals surface area contributed by atoms with E-state index in [-0.39, 0.29) is 11.9 Å². The van der Waals surface area contributed by atoms with Crippen molar-refractivity contribution in [2.75, 3.05) is 13.7 Å². The van der Waals surface area contributed by atoms with E-state index in [1.807, 2.05) is 32.4 Å². The largest absolute Gasteiger partial charge is 0.465 e. The van der Waals surface area contributed by atoms with Gasteiger partial charge in [-0.05, 0) is 19.4 Å². The highest BCUT2D eigenvalue weighted by Gasteiger charge is 2.25. The summed E-state index contributed by atoms with van der Waals surface area (Å²) in [5.74, 6) is 4.83. The fourth-order valence-electron chi connectivity index (χ4n) is 2.17. The van der Waals surface area contributed by atoms with Crippen LogP contribution < -0.4 is 5.90 Å². The lowest BCUT2D eigenvalue weighted by atomic mass is 9.97. The summed E-state index contributed by atoms with van der Waals surface area (Å²) < 4.78 is 6.81. The molecule has 5 nitrogen and oxygen atoms in total. The molecule has 0 aromatic carbocycles. The third-order valence-electron chi connectivity index (χ3n) is 3.26. The number of hydrogen-bond acceptors (Lipinski definition) is 4. The Morgan fingerprint density at radius 1 is 1.41 bits per heavy atom. The molecule has 2 N–H and O–H groups in total. The molecule has 1 unspecified atom stereocenters. The van der Waals surface area contributed by atoms with Crippen molar-refractivity contribution in [3.8, 4) is 0 Å². The van der Waals surface area contributed by atoms with E-state index >= 15 is 0 Å². The lowest BCUT2D eigenvalue weighted by Gasteiger charge is -2.12. The van der Waals surface area contributed by atoms with Gasteiger partial charge in [0, 0.05) is 24.4 Å². The zero-order valence-electron chi connectivity index (χ0n) is 11.0. The van der Waals surface area contributed by atoms with E-state index in [1.165, 1.54) is 7.11 Å². The van der Waals surface area contributed by atoms with Crippen molar-refractivity contribution < 1.29 is 14.4 Å². The maximum Gasteiger partial charge on any atom is 0.339 e. The zero-order chi connectivity index (χ0) is 13.2. The number of esters is 1. The van der Waals surface area contributed by atoms with Crippen molar-refractivity contribution in [3.05, 3.63) is 22.5 Å². The summed E-state index contributed by atoms with van der Waals surface area (Å²) in [5.41, 5.74) is 3.50. The van der Waals surface area contributed by atoms with Crippen LogP contribution in [0, 0.1) is 13.8 Å². The van der Waals surface area contributed by atoms with Crippen LogP contribution in [-0.2, 0) is 16.6 Å². The second-order valence-corrected chi connectivity index (χ2v) is 4.24. The molecule has 1 heterocycles. The van der Waals surface area contributed by atoms with Crippen LogP contribution >= 0.6 is 0 Å². The molecule has 96 valence electrons. The van der Waals surface area contributed by atoms with Crippen molar-refractivity contribution in [3.63, 3.8) is 0 Å². The lowest BCUT2D eigenvalue weighted by molar-refractivity contribution is 0.0596. The Kier molecular flexibility index (Phi) is 4.31. The molecule has 0 saturated heterocycles. The molecule has 1 aromatic rings. The molecule has 0 spiro atoms. The maximum atomic E-state index is 11.8. The highest BCUT2D eigenvalue weighted by molar-refractivity contribution is 5.93. The number of ether oxygens (including phenoxy) is 1. The normalized spacial score (nSPS) is 12.6. The number of carbonyl (C=O) groups excluding carboxylic acids is 1. The molecule has 0 saturated carbocycles. The zero-order valence-corrected chi connectivity index (χ0v) is 11.0. The van der Waals surface area contributed by atoms with Crippen LogP contribution in [-0.4, -0.2) is 24.3 Å². The minimum atomic E-state index is -0.315. The predicted molar refractivity (Wildman–Crippen MR) is 64.8 cm³/mol. The molecule has 5 heteroatoms. The Morgan fingerprint density at radius 3 is 2.47 bits per heavy atom. The van der Waals surface area contributed by atoms with Gasteiger partial charge in [-0.1, -0.05) is 6.92 Å². The fourth-order valence-corrected chi connectivity index (χ4v) is 2.17. The van der Waals surface area contributed by atoms with E-state index in [4.69, 9.17) is 10.6 Å². The fraction of sp³-hybridized carbons (Fsp3) is 0.583. The summed E-state index contributed by atoms with van der Waals surface area (Å²) in [6.45, 7) is 6.22. The van der Waals surface area contributed by atoms with Gasteiger partial charge in [-0.3, -0.25) is 0 Å². The van der Waals surface area contributed by atoms with Gasteiger partial charge in [0.1, 0.15) is 0 Å². The lowest BCUT2D eigenvalue weighted by Crippen LogP contribution is -2.13. The summed E-state index contributed by atoms with van der Waals surface area (Å²) >= 11 is 0. The molecule has 0 aliphatic heterocycles. The first-order chi connectivity index (χ1) is 7.95. The minimum Gasteiger partial charge on any atom is -0.465 e. The van der Waals surface area contributed by atoms with E-state index in [0.717, 1.165) is 17.0 Å². The standard InChI is InChI=1S/C12H20N2O3/c1-7(6-17-13)10-8(2)14(4)9(3)11(10)12(15)16-5/h7H,6,13H2,1-5H3. The highest BCUT2D eigenvalue weighted by Crippen LogP contribution is 2.29. The van der Waals surface area contributed by atoms with Crippen LogP contribution in [0.1, 0.15) is 40.2 Å². The molecule has 0 aliphatic rings. The van der Waals surface area contributed by atoms with Gasteiger partial charge >= 0.3 is 5.97 Å². The summed E-state index contributed by atoms with van der Waals surface area (Å²) in [5, 5.41) is 0. The molecule has 0 amide bonds. The number of methoxy groups -OCH3 is 1. The van der Waals surface area contributed by atoms with Crippen molar-refractivity contribution in [2.45, 2.75) is 26.7 Å². The molecule has 0 aliphatic carbocycles. The van der Waals surface area contributed by atoms with Gasteiger partial charge in [-0.15, -0.1) is 0 Å². The van der Waals surface area contributed by atoms with Gasteiger partial charge in [0.25, 0.3) is 0 Å². The number of nitrogens with two attached hydrogens (primary N) is 1. The van der Waals surface area contributed by atoms with Crippen molar-refractivity contribution in [2.24, 2.45) is 12.9 Å². The third-order valence-corrected chi connectivity index (χ3v) is 3.26. The van der Waals surface area contributed by atoms with Crippen molar-refractivity contribution in [1.29, 1.82) is 0 Å². The molecule has 17 heavy (non-hydrogen) atoms. The third kappa shape index (κ3) is 2.35. The van der Waals surface area contributed by atoms with Gasteiger partial charge in [0.15, 0.2) is 0 Å². The van der Waals surface area contributed by atoms with Crippen molar-refractivity contribution >= 4 is 5.97 Å². The Bertz CT molecular complexity index is 424. The molecular formula is C12H20N2O3. The highest BCUT2D eigenvalue weighted by atomic mass is 16.6. The first-order valence-corrected chi connectivity index (χ1v) is 5.51. The van der Waals surface area contributed by atoms with Gasteiger partial charge in [-0.2, -0.15) is 0 Å². The van der Waals surface area contributed by atoms with E-state index in [9.17, 15) is 4.79 Å². The number of carbonyl (C=O) groups is 1. The molecule has 0 bridgehead atoms. The Balaban J connectivity index is 3.36. The number of nitrogens with zero attached hydrogens (tertiary/aromatic N) is 1. The Labute approximate surface area is 101 Å². The first kappa shape index (κ1) is 13.7. The van der Waals surface area contributed by atoms with Crippen LogP contribution in [0.5, 0.6) is 0 Å². The average Bonchev–Trinajstić information content (AvgIpc) is 2.53. The number of rotatable bonds is 4. The van der Waals surface area contributed by atoms with Crippen LogP contribution in [0.3, 0.4) is 0 Å². The minimum absolute atomic E-state index is 0.0500. The molecule has 1 atom stereocenters. The van der Waals surface area contributed by atoms with Crippen LogP contribution in [0.25, 0.3) is 0 Å². The topological polar surface area (TPSA) is 66.5 Å². The smallest absolute Gasteiger partial charge is 0.339 e. The van der Waals surface area contributed by atoms with Crippen LogP contribution in [0.2, 0.25) is 0 Å². The van der Waals surface area contributed by atoms with E-state index in [2.05, 4.69) is 4.84 Å². The van der Waals surface area contributed by atoms with Gasteiger partial charge < -0.3 is 14.1 Å². The summed E-state index contributed by atoms with van der Waals surface area (Å²) in [6.07, 6.45) is 0. The van der Waals surface area contributed by atoms with E-state index < -0.39 is 0 Å². The molecule has 0 radical (unpaired) electrons. The predicted octanol–water partition coefficient (Wildman–Crippen LogP) is 1.42. The molecule has 1 aromatic heterocycles. The number of hydrogen-bond donors (Lipinski definition) is 1. The average molecular weight is 240 g/mol. The van der Waals surface area contributed by atoms with E-state index in [0.29, 0.717) is 12.2 Å². The number of aromatic nitrogens is 1. The quantitative estimate of drug-likeness (QED) is 0.638. The van der Waals surface area contributed by atoms with Gasteiger partial charge in [0.05, 0.1) is 19.3 Å². The van der Waals surface area contributed by atoms with Gasteiger partial charge in [-0.25, -0.2) is 10.7 Å². The molecular weight excluding hydrogens is 220 g/mol. The summed E-state index contributed by atoms with van der Waals surface area (Å²) in [7, 11) is 3.31. The van der Waals surface area contributed by atoms with Crippen LogP contribution in [0.4, 0.5) is 0 Å². The first-order valence-electron chi connectivity index (χ1n) is 5.51. The second kappa shape index (κ2) is 5.33. The second-order valence-electron chi connectivity index (χ2n) is 4.24. The summed E-state index contributed by atoms with van der Waals surface area (Å²) in [4.78, 5) is 16.5.